The molecule has 0 atom stereocenters. The summed E-state index contributed by atoms with van der Waals surface area (Å²) in [4.78, 5) is 13.1. The minimum atomic E-state index is -0.0535. The minimum absolute atomic E-state index is 0.0535. The molecule has 2 aromatic heterocycles. The van der Waals surface area contributed by atoms with Gasteiger partial charge in [0.1, 0.15) is 11.2 Å². The topological polar surface area (TPSA) is 30.2 Å². The quantitative estimate of drug-likeness (QED) is 0.455. The molecule has 4 aromatic rings. The van der Waals surface area contributed by atoms with Gasteiger partial charge in [-0.1, -0.05) is 29.8 Å². The molecule has 0 unspecified atom stereocenters. The summed E-state index contributed by atoms with van der Waals surface area (Å²) in [5, 5.41) is 4.28. The van der Waals surface area contributed by atoms with Crippen LogP contribution in [0.4, 0.5) is 0 Å². The van der Waals surface area contributed by atoms with Crippen LogP contribution in [0.15, 0.2) is 58.3 Å². The smallest absolute Gasteiger partial charge is 0.204 e. The molecule has 0 radical (unpaired) electrons. The van der Waals surface area contributed by atoms with Crippen molar-refractivity contribution in [1.29, 1.82) is 0 Å². The van der Waals surface area contributed by atoms with Crippen LogP contribution in [-0.2, 0) is 0 Å². The third kappa shape index (κ3) is 1.97. The van der Waals surface area contributed by atoms with Crippen molar-refractivity contribution in [3.05, 3.63) is 69.4 Å². The number of furan rings is 1. The zero-order chi connectivity index (χ0) is 14.4. The lowest BCUT2D eigenvalue weighted by Crippen LogP contribution is -1.98. The van der Waals surface area contributed by atoms with E-state index >= 15 is 0 Å². The average molecular weight is 313 g/mol. The third-order valence-electron chi connectivity index (χ3n) is 3.46. The summed E-state index contributed by atoms with van der Waals surface area (Å²) in [6.45, 7) is 0. The van der Waals surface area contributed by atoms with Crippen molar-refractivity contribution in [1.82, 2.24) is 0 Å². The fourth-order valence-electron chi connectivity index (χ4n) is 2.45. The Morgan fingerprint density at radius 3 is 2.62 bits per heavy atom. The van der Waals surface area contributed by atoms with Crippen molar-refractivity contribution in [3.63, 3.8) is 0 Å². The first-order valence-corrected chi connectivity index (χ1v) is 7.69. The van der Waals surface area contributed by atoms with Gasteiger partial charge >= 0.3 is 0 Å². The number of hydrogen-bond donors (Lipinski definition) is 0. The van der Waals surface area contributed by atoms with E-state index in [0.29, 0.717) is 15.5 Å². The highest BCUT2D eigenvalue weighted by Crippen LogP contribution is 2.31. The number of fused-ring (bicyclic) bond motifs is 3. The average Bonchev–Trinajstić information content (AvgIpc) is 3.09. The van der Waals surface area contributed by atoms with Gasteiger partial charge in [-0.3, -0.25) is 4.79 Å². The van der Waals surface area contributed by atoms with Gasteiger partial charge < -0.3 is 4.42 Å². The van der Waals surface area contributed by atoms with E-state index in [0.717, 1.165) is 21.9 Å². The van der Waals surface area contributed by atoms with Gasteiger partial charge in [0, 0.05) is 16.3 Å². The van der Waals surface area contributed by atoms with Crippen LogP contribution in [0.2, 0.25) is 5.02 Å². The van der Waals surface area contributed by atoms with Gasteiger partial charge in [-0.05, 0) is 35.7 Å². The summed E-state index contributed by atoms with van der Waals surface area (Å²) in [5.74, 6) is -0.0535. The summed E-state index contributed by atoms with van der Waals surface area (Å²) in [7, 11) is 0. The molecule has 0 amide bonds. The van der Waals surface area contributed by atoms with Gasteiger partial charge in [-0.25, -0.2) is 0 Å². The molecule has 0 fully saturated rings. The molecular formula is C17H9ClO2S. The lowest BCUT2D eigenvalue weighted by atomic mass is 10.1. The summed E-state index contributed by atoms with van der Waals surface area (Å²) in [6, 6.07) is 15.0. The van der Waals surface area contributed by atoms with Gasteiger partial charge in [0.25, 0.3) is 0 Å². The van der Waals surface area contributed by atoms with E-state index in [2.05, 4.69) is 0 Å². The number of benzene rings is 2. The van der Waals surface area contributed by atoms with Crippen LogP contribution in [0.5, 0.6) is 0 Å². The van der Waals surface area contributed by atoms with Crippen molar-refractivity contribution >= 4 is 50.7 Å². The summed E-state index contributed by atoms with van der Waals surface area (Å²) < 4.78 is 5.77. The maximum atomic E-state index is 12.5. The van der Waals surface area contributed by atoms with Crippen molar-refractivity contribution in [2.24, 2.45) is 0 Å². The number of carbonyl (C=O) groups excluding carboxylic acids is 1. The third-order valence-corrected chi connectivity index (χ3v) is 4.80. The van der Waals surface area contributed by atoms with E-state index < -0.39 is 0 Å². The minimum Gasteiger partial charge on any atom is -0.456 e. The van der Waals surface area contributed by atoms with E-state index in [9.17, 15) is 4.79 Å². The molecule has 2 aromatic carbocycles. The van der Waals surface area contributed by atoms with Crippen LogP contribution >= 0.6 is 22.9 Å². The van der Waals surface area contributed by atoms with Crippen LogP contribution in [0, 0.1) is 0 Å². The van der Waals surface area contributed by atoms with Crippen molar-refractivity contribution in [3.8, 4) is 0 Å². The number of carbonyl (C=O) groups is 1. The Morgan fingerprint density at radius 1 is 1.00 bits per heavy atom. The molecule has 2 heterocycles. The maximum absolute atomic E-state index is 12.5. The number of thiophene rings is 1. The first-order chi connectivity index (χ1) is 10.2. The molecule has 0 N–H and O–H groups in total. The SMILES string of the molecule is O=C(c1ccc2oc3ccccc3c2c1)c1sccc1Cl. The van der Waals surface area contributed by atoms with E-state index in [-0.39, 0.29) is 5.78 Å². The van der Waals surface area contributed by atoms with Crippen LogP contribution in [0.3, 0.4) is 0 Å². The zero-order valence-corrected chi connectivity index (χ0v) is 12.4. The second kappa shape index (κ2) is 4.72. The molecule has 4 heteroatoms. The Kier molecular flexibility index (Phi) is 2.84. The Balaban J connectivity index is 1.92. The molecule has 0 saturated carbocycles. The Labute approximate surface area is 129 Å². The molecule has 0 spiro atoms. The van der Waals surface area contributed by atoms with Gasteiger partial charge in [0.05, 0.1) is 9.90 Å². The van der Waals surface area contributed by atoms with Crippen LogP contribution < -0.4 is 0 Å². The highest BCUT2D eigenvalue weighted by atomic mass is 35.5. The largest absolute Gasteiger partial charge is 0.456 e. The molecule has 0 aliphatic heterocycles. The van der Waals surface area contributed by atoms with Gasteiger partial charge in [0.2, 0.25) is 5.78 Å². The first kappa shape index (κ1) is 12.6. The predicted octanol–water partition coefficient (Wildman–Crippen LogP) is 5.53. The van der Waals surface area contributed by atoms with Crippen molar-refractivity contribution < 1.29 is 9.21 Å². The van der Waals surface area contributed by atoms with E-state index in [1.807, 2.05) is 41.8 Å². The van der Waals surface area contributed by atoms with Crippen molar-refractivity contribution in [2.45, 2.75) is 0 Å². The molecule has 102 valence electrons. The fraction of sp³-hybridized carbons (Fsp3) is 0. The molecular weight excluding hydrogens is 304 g/mol. The predicted molar refractivity (Wildman–Crippen MR) is 86.5 cm³/mol. The normalized spacial score (nSPS) is 11.3. The van der Waals surface area contributed by atoms with E-state index in [1.165, 1.54) is 11.3 Å². The summed E-state index contributed by atoms with van der Waals surface area (Å²) in [5.41, 5.74) is 2.23. The van der Waals surface area contributed by atoms with Gasteiger partial charge in [-0.15, -0.1) is 11.3 Å². The first-order valence-electron chi connectivity index (χ1n) is 6.43. The second-order valence-electron chi connectivity index (χ2n) is 4.74. The monoisotopic (exact) mass is 312 g/mol. The van der Waals surface area contributed by atoms with E-state index in [1.54, 1.807) is 12.1 Å². The van der Waals surface area contributed by atoms with Gasteiger partial charge in [-0.2, -0.15) is 0 Å². The molecule has 0 aliphatic carbocycles. The standard InChI is InChI=1S/C17H9ClO2S/c18-13-7-8-21-17(13)16(19)10-5-6-15-12(9-10)11-3-1-2-4-14(11)20-15/h1-9H. The molecule has 0 aliphatic rings. The molecule has 0 bridgehead atoms. The van der Waals surface area contributed by atoms with Crippen LogP contribution in [0.1, 0.15) is 15.2 Å². The summed E-state index contributed by atoms with van der Waals surface area (Å²) in [6.07, 6.45) is 0. The van der Waals surface area contributed by atoms with Crippen LogP contribution in [0.25, 0.3) is 21.9 Å². The van der Waals surface area contributed by atoms with Crippen LogP contribution in [-0.4, -0.2) is 5.78 Å². The highest BCUT2D eigenvalue weighted by molar-refractivity contribution is 7.13. The Morgan fingerprint density at radius 2 is 1.81 bits per heavy atom. The second-order valence-corrected chi connectivity index (χ2v) is 6.06. The zero-order valence-electron chi connectivity index (χ0n) is 10.8. The lowest BCUT2D eigenvalue weighted by Gasteiger charge is -1.99. The molecule has 21 heavy (non-hydrogen) atoms. The lowest BCUT2D eigenvalue weighted by molar-refractivity contribution is 0.104. The number of halogens is 1. The summed E-state index contributed by atoms with van der Waals surface area (Å²) >= 11 is 7.41. The van der Waals surface area contributed by atoms with E-state index in [4.69, 9.17) is 16.0 Å². The maximum Gasteiger partial charge on any atom is 0.204 e. The Hall–Kier alpha value is -2.10. The molecule has 4 rings (SSSR count). The molecule has 2 nitrogen and oxygen atoms in total. The number of hydrogen-bond acceptors (Lipinski definition) is 3. The van der Waals surface area contributed by atoms with Gasteiger partial charge in [0.15, 0.2) is 0 Å². The number of ketones is 1. The highest BCUT2D eigenvalue weighted by Gasteiger charge is 2.16. The Bertz CT molecular complexity index is 981. The van der Waals surface area contributed by atoms with Crippen molar-refractivity contribution in [2.75, 3.05) is 0 Å². The number of rotatable bonds is 2. The molecule has 0 saturated heterocycles. The number of para-hydroxylation sites is 1. The fourth-order valence-corrected chi connectivity index (χ4v) is 3.56.